The molecule has 0 aliphatic carbocycles. The van der Waals surface area contributed by atoms with Crippen LogP contribution in [0.1, 0.15) is 10.4 Å². The standard InChI is InChI=1S/C10H12FNO4S/c1-16-10-6(7(13)5-12)3-4-8(9(10)11)17(2,14)15/h3-4H,5,12H2,1-2H3. The molecule has 0 amide bonds. The Bertz CT molecular complexity index is 554. The van der Waals surface area contributed by atoms with Gasteiger partial charge in [0, 0.05) is 6.26 Å². The van der Waals surface area contributed by atoms with Crippen molar-refractivity contribution in [3.63, 3.8) is 0 Å². The molecular weight excluding hydrogens is 249 g/mol. The molecule has 0 spiro atoms. The Morgan fingerprint density at radius 1 is 1.47 bits per heavy atom. The molecule has 0 fully saturated rings. The highest BCUT2D eigenvalue weighted by Crippen LogP contribution is 2.28. The van der Waals surface area contributed by atoms with E-state index in [1.54, 1.807) is 0 Å². The van der Waals surface area contributed by atoms with E-state index in [0.717, 1.165) is 19.4 Å². The SMILES string of the molecule is COc1c(C(=O)CN)ccc(S(C)(=O)=O)c1F. The number of benzene rings is 1. The van der Waals surface area contributed by atoms with Gasteiger partial charge >= 0.3 is 0 Å². The average Bonchev–Trinajstić information content (AvgIpc) is 2.25. The van der Waals surface area contributed by atoms with Crippen molar-refractivity contribution in [3.05, 3.63) is 23.5 Å². The molecule has 0 heterocycles. The number of ketones is 1. The predicted octanol–water partition coefficient (Wildman–Crippen LogP) is 0.379. The Morgan fingerprint density at radius 2 is 2.06 bits per heavy atom. The monoisotopic (exact) mass is 261 g/mol. The molecule has 5 nitrogen and oxygen atoms in total. The Hall–Kier alpha value is -1.47. The number of halogens is 1. The smallest absolute Gasteiger partial charge is 0.184 e. The molecule has 1 aromatic rings. The van der Waals surface area contributed by atoms with Crippen molar-refractivity contribution in [2.45, 2.75) is 4.90 Å². The number of ether oxygens (including phenoxy) is 1. The summed E-state index contributed by atoms with van der Waals surface area (Å²) in [5, 5.41) is 0. The molecule has 0 saturated heterocycles. The zero-order chi connectivity index (χ0) is 13.2. The van der Waals surface area contributed by atoms with Crippen molar-refractivity contribution >= 4 is 15.6 Å². The van der Waals surface area contributed by atoms with Crippen LogP contribution in [0.15, 0.2) is 17.0 Å². The summed E-state index contributed by atoms with van der Waals surface area (Å²) in [6, 6.07) is 2.21. The predicted molar refractivity (Wildman–Crippen MR) is 59.4 cm³/mol. The third-order valence-electron chi connectivity index (χ3n) is 2.15. The van der Waals surface area contributed by atoms with Crippen LogP contribution in [0, 0.1) is 5.82 Å². The molecule has 1 aromatic carbocycles. The van der Waals surface area contributed by atoms with Gasteiger partial charge in [0.1, 0.15) is 4.90 Å². The van der Waals surface area contributed by atoms with E-state index in [1.807, 2.05) is 0 Å². The molecule has 17 heavy (non-hydrogen) atoms. The number of methoxy groups -OCH3 is 1. The van der Waals surface area contributed by atoms with Crippen LogP contribution in [0.4, 0.5) is 4.39 Å². The van der Waals surface area contributed by atoms with E-state index >= 15 is 0 Å². The number of rotatable bonds is 4. The normalized spacial score (nSPS) is 11.3. The first-order valence-electron chi connectivity index (χ1n) is 4.62. The topological polar surface area (TPSA) is 86.5 Å². The first-order valence-corrected chi connectivity index (χ1v) is 6.52. The molecule has 0 bridgehead atoms. The average molecular weight is 261 g/mol. The van der Waals surface area contributed by atoms with Crippen LogP contribution in [-0.2, 0) is 9.84 Å². The number of nitrogens with two attached hydrogens (primary N) is 1. The van der Waals surface area contributed by atoms with Crippen LogP contribution in [0.2, 0.25) is 0 Å². The Kier molecular flexibility index (Phi) is 3.84. The van der Waals surface area contributed by atoms with E-state index in [0.29, 0.717) is 0 Å². The van der Waals surface area contributed by atoms with Gasteiger partial charge in [-0.3, -0.25) is 4.79 Å². The zero-order valence-electron chi connectivity index (χ0n) is 9.36. The molecule has 7 heteroatoms. The second-order valence-corrected chi connectivity index (χ2v) is 5.34. The van der Waals surface area contributed by atoms with Gasteiger partial charge in [0.15, 0.2) is 27.2 Å². The fourth-order valence-corrected chi connectivity index (χ4v) is 2.09. The number of Topliss-reactive ketones (excluding diaryl/α,β-unsaturated/α-hetero) is 1. The lowest BCUT2D eigenvalue weighted by Crippen LogP contribution is -2.16. The molecular formula is C10H12FNO4S. The van der Waals surface area contributed by atoms with Crippen molar-refractivity contribution in [2.24, 2.45) is 5.73 Å². The summed E-state index contributed by atoms with van der Waals surface area (Å²) in [6.07, 6.45) is 0.870. The third-order valence-corrected chi connectivity index (χ3v) is 3.27. The number of hydrogen-bond donors (Lipinski definition) is 1. The van der Waals surface area contributed by atoms with E-state index < -0.39 is 32.1 Å². The van der Waals surface area contributed by atoms with E-state index in [-0.39, 0.29) is 12.1 Å². The van der Waals surface area contributed by atoms with E-state index in [4.69, 9.17) is 10.5 Å². The van der Waals surface area contributed by atoms with Gasteiger partial charge in [-0.2, -0.15) is 0 Å². The van der Waals surface area contributed by atoms with Crippen molar-refractivity contribution in [1.29, 1.82) is 0 Å². The lowest BCUT2D eigenvalue weighted by molar-refractivity contribution is 0.0997. The molecule has 94 valence electrons. The van der Waals surface area contributed by atoms with E-state index in [2.05, 4.69) is 0 Å². The van der Waals surface area contributed by atoms with Gasteiger partial charge in [-0.05, 0) is 12.1 Å². The fraction of sp³-hybridized carbons (Fsp3) is 0.300. The highest BCUT2D eigenvalue weighted by atomic mass is 32.2. The lowest BCUT2D eigenvalue weighted by atomic mass is 10.1. The van der Waals surface area contributed by atoms with Crippen molar-refractivity contribution in [1.82, 2.24) is 0 Å². The molecule has 0 aliphatic rings. The van der Waals surface area contributed by atoms with Gasteiger partial charge in [0.05, 0.1) is 19.2 Å². The summed E-state index contributed by atoms with van der Waals surface area (Å²) in [5.41, 5.74) is 5.09. The summed E-state index contributed by atoms with van der Waals surface area (Å²) in [5.74, 6) is -2.00. The summed E-state index contributed by atoms with van der Waals surface area (Å²) >= 11 is 0. The van der Waals surface area contributed by atoms with Crippen LogP contribution < -0.4 is 10.5 Å². The summed E-state index contributed by atoms with van der Waals surface area (Å²) in [7, 11) is -2.56. The van der Waals surface area contributed by atoms with Gasteiger partial charge in [-0.15, -0.1) is 0 Å². The molecule has 0 saturated carbocycles. The minimum absolute atomic E-state index is 0.0695. The highest BCUT2D eigenvalue weighted by molar-refractivity contribution is 7.90. The Labute approximate surface area is 98.3 Å². The minimum Gasteiger partial charge on any atom is -0.493 e. The molecule has 0 aliphatic heterocycles. The Balaban J connectivity index is 3.54. The molecule has 1 rings (SSSR count). The largest absolute Gasteiger partial charge is 0.493 e. The third kappa shape index (κ3) is 2.62. The van der Waals surface area contributed by atoms with Gasteiger partial charge in [0.25, 0.3) is 0 Å². The van der Waals surface area contributed by atoms with Crippen LogP contribution in [0.5, 0.6) is 5.75 Å². The van der Waals surface area contributed by atoms with E-state index in [9.17, 15) is 17.6 Å². The molecule has 2 N–H and O–H groups in total. The molecule has 0 aromatic heterocycles. The summed E-state index contributed by atoms with van der Waals surface area (Å²) < 4.78 is 41.1. The highest BCUT2D eigenvalue weighted by Gasteiger charge is 2.22. The summed E-state index contributed by atoms with van der Waals surface area (Å²) in [4.78, 5) is 10.9. The maximum atomic E-state index is 13.8. The molecule has 0 atom stereocenters. The molecule has 0 unspecified atom stereocenters. The van der Waals surface area contributed by atoms with Gasteiger partial charge in [-0.1, -0.05) is 0 Å². The second-order valence-electron chi connectivity index (χ2n) is 3.36. The van der Waals surface area contributed by atoms with Crippen LogP contribution >= 0.6 is 0 Å². The summed E-state index contributed by atoms with van der Waals surface area (Å²) in [6.45, 7) is -0.311. The van der Waals surface area contributed by atoms with Crippen molar-refractivity contribution in [3.8, 4) is 5.75 Å². The van der Waals surface area contributed by atoms with Crippen LogP contribution in [-0.4, -0.2) is 34.1 Å². The first kappa shape index (κ1) is 13.6. The fourth-order valence-electron chi connectivity index (χ4n) is 1.35. The van der Waals surface area contributed by atoms with Gasteiger partial charge in [0.2, 0.25) is 0 Å². The number of carbonyl (C=O) groups is 1. The van der Waals surface area contributed by atoms with Crippen molar-refractivity contribution < 1.29 is 22.3 Å². The Morgan fingerprint density at radius 3 is 2.47 bits per heavy atom. The van der Waals surface area contributed by atoms with Gasteiger partial charge < -0.3 is 10.5 Å². The first-order chi connectivity index (χ1) is 7.82. The number of sulfone groups is 1. The van der Waals surface area contributed by atoms with Crippen LogP contribution in [0.25, 0.3) is 0 Å². The number of carbonyl (C=O) groups excluding carboxylic acids is 1. The maximum Gasteiger partial charge on any atom is 0.184 e. The van der Waals surface area contributed by atoms with Crippen molar-refractivity contribution in [2.75, 3.05) is 19.9 Å². The quantitative estimate of drug-likeness (QED) is 0.792. The molecule has 0 radical (unpaired) electrons. The van der Waals surface area contributed by atoms with E-state index in [1.165, 1.54) is 6.07 Å². The maximum absolute atomic E-state index is 13.8. The number of hydrogen-bond acceptors (Lipinski definition) is 5. The zero-order valence-corrected chi connectivity index (χ0v) is 10.2. The second kappa shape index (κ2) is 4.80. The minimum atomic E-state index is -3.71. The lowest BCUT2D eigenvalue weighted by Gasteiger charge is -2.10. The van der Waals surface area contributed by atoms with Crippen LogP contribution in [0.3, 0.4) is 0 Å². The van der Waals surface area contributed by atoms with Gasteiger partial charge in [-0.25, -0.2) is 12.8 Å².